The molecule has 0 radical (unpaired) electrons. The maximum absolute atomic E-state index is 13.7. The van der Waals surface area contributed by atoms with Gasteiger partial charge in [0, 0.05) is 25.0 Å². The Morgan fingerprint density at radius 3 is 2.43 bits per heavy atom. The summed E-state index contributed by atoms with van der Waals surface area (Å²) >= 11 is 0. The molecular formula is C42H43N3O13. The maximum Gasteiger partial charge on any atom is 0.335 e. The second kappa shape index (κ2) is 17.2. The molecule has 1 fully saturated rings. The van der Waals surface area contributed by atoms with Gasteiger partial charge in [0.15, 0.2) is 18.0 Å². The second-order valence-electron chi connectivity index (χ2n) is 14.3. The lowest BCUT2D eigenvalue weighted by Gasteiger charge is -2.53. The highest BCUT2D eigenvalue weighted by Gasteiger charge is 2.71. The number of aliphatic hydroxyl groups is 4. The van der Waals surface area contributed by atoms with E-state index in [1.54, 1.807) is 6.20 Å². The van der Waals surface area contributed by atoms with Crippen molar-refractivity contribution in [2.75, 3.05) is 6.54 Å². The Labute approximate surface area is 330 Å². The number of hydrogen-bond donors (Lipinski definition) is 9. The number of fused-ring (bicyclic) bond motifs is 1. The number of aromatic nitrogens is 1. The molecule has 10 N–H and O–H groups in total. The summed E-state index contributed by atoms with van der Waals surface area (Å²) in [5.41, 5.74) is -0.145. The Balaban J connectivity index is 1.33. The van der Waals surface area contributed by atoms with Gasteiger partial charge in [-0.2, -0.15) is 0 Å². The Hall–Kier alpha value is -6.14. The minimum Gasteiger partial charge on any atom is -0.508 e. The molecule has 3 aromatic carbocycles. The van der Waals surface area contributed by atoms with Crippen molar-refractivity contribution >= 4 is 35.2 Å². The summed E-state index contributed by atoms with van der Waals surface area (Å²) < 4.78 is 17.1. The molecule has 16 heteroatoms. The van der Waals surface area contributed by atoms with Crippen molar-refractivity contribution in [3.8, 4) is 22.6 Å². The Morgan fingerprint density at radius 2 is 1.79 bits per heavy atom. The average Bonchev–Trinajstić information content (AvgIpc) is 3.73. The maximum atomic E-state index is 13.7. The highest BCUT2D eigenvalue weighted by Crippen LogP contribution is 2.41. The number of phenols is 1. The molecule has 1 aliphatic heterocycles. The van der Waals surface area contributed by atoms with Gasteiger partial charge >= 0.3 is 5.97 Å². The van der Waals surface area contributed by atoms with E-state index in [1.807, 2.05) is 61.7 Å². The van der Waals surface area contributed by atoms with Crippen molar-refractivity contribution < 1.29 is 58.9 Å². The monoisotopic (exact) mass is 797 g/mol. The number of allylic oxidation sites excluding steroid dienone is 1. The number of hydrogen-bond acceptors (Lipinski definition) is 13. The minimum absolute atomic E-state index is 0.0322. The molecule has 2 aromatic heterocycles. The molecule has 8 atom stereocenters. The van der Waals surface area contributed by atoms with Crippen molar-refractivity contribution in [1.29, 1.82) is 0 Å². The van der Waals surface area contributed by atoms with E-state index in [0.29, 0.717) is 12.8 Å². The number of phenolic OH excluding ortho intramolecular Hbond substituents is 1. The smallest absolute Gasteiger partial charge is 0.335 e. The zero-order valence-electron chi connectivity index (χ0n) is 31.1. The van der Waals surface area contributed by atoms with Gasteiger partial charge < -0.3 is 55.2 Å². The van der Waals surface area contributed by atoms with Crippen LogP contribution in [0.2, 0.25) is 0 Å². The van der Waals surface area contributed by atoms with Crippen LogP contribution in [0.25, 0.3) is 28.2 Å². The van der Waals surface area contributed by atoms with Crippen LogP contribution in [0, 0.1) is 11.8 Å². The number of aliphatic hydroxyl groups excluding tert-OH is 2. The minimum atomic E-state index is -3.41. The third kappa shape index (κ3) is 8.15. The van der Waals surface area contributed by atoms with Gasteiger partial charge in [0.1, 0.15) is 29.4 Å². The van der Waals surface area contributed by atoms with Crippen LogP contribution in [0.4, 0.5) is 0 Å². The number of nitrogens with one attached hydrogen (secondary N) is 2. The number of ether oxygens (including phenoxy) is 2. The quantitative estimate of drug-likeness (QED) is 0.0512. The number of carboxylic acid groups (broad SMARTS) is 1. The number of benzene rings is 3. The largest absolute Gasteiger partial charge is 0.508 e. The number of amides is 1. The first kappa shape index (κ1) is 41.5. The van der Waals surface area contributed by atoms with Crippen LogP contribution in [0.3, 0.4) is 0 Å². The molecule has 0 bridgehead atoms. The predicted octanol–water partition coefficient (Wildman–Crippen LogP) is 2.31. The standard InChI is InChI=1S/C42H43N3O13/c1-23(6-5-9-24-7-3-2-4-8-24)27(18-25-16-17-44-20-25)21-45-39(53)42(55)40(58-35(38(51)52)36(49)41(42,54)22-46)56-29-14-15-30-31(19-29)57-34(37(43)50)32(33(30)48)26-10-12-28(47)13-11-26/h2-5,7-17,19-20,22-23,27,35-36,39-40,44-45,47,49,53-55H,6,18,21H2,1H3,(H2,43,50)(H,51,52)/b9-5+/t23-,27+,35+,36-,39-,40-,41+,42+/m1/s1. The Bertz CT molecular complexity index is 2330. The zero-order valence-corrected chi connectivity index (χ0v) is 31.1. The van der Waals surface area contributed by atoms with Gasteiger partial charge in [0.05, 0.1) is 10.9 Å². The lowest BCUT2D eigenvalue weighted by molar-refractivity contribution is -0.359. The molecule has 1 amide bonds. The van der Waals surface area contributed by atoms with Crippen LogP contribution >= 0.6 is 0 Å². The molecule has 3 heterocycles. The molecular weight excluding hydrogens is 754 g/mol. The number of aromatic amines is 1. The molecule has 16 nitrogen and oxygen atoms in total. The average molecular weight is 798 g/mol. The fraction of sp³-hybridized carbons (Fsp3) is 0.286. The van der Waals surface area contributed by atoms with E-state index in [9.17, 15) is 49.8 Å². The van der Waals surface area contributed by atoms with Crippen LogP contribution in [0.15, 0.2) is 107 Å². The number of nitrogens with two attached hydrogens (primary N) is 1. The van der Waals surface area contributed by atoms with Crippen molar-refractivity contribution in [2.24, 2.45) is 17.6 Å². The van der Waals surface area contributed by atoms with Crippen LogP contribution in [-0.4, -0.2) is 96.3 Å². The summed E-state index contributed by atoms with van der Waals surface area (Å²) in [7, 11) is 0. The number of carboxylic acids is 1. The first-order valence-electron chi connectivity index (χ1n) is 18.3. The molecule has 0 saturated carbocycles. The summed E-state index contributed by atoms with van der Waals surface area (Å²) in [4.78, 5) is 54.0. The van der Waals surface area contributed by atoms with E-state index >= 15 is 0 Å². The van der Waals surface area contributed by atoms with E-state index in [0.717, 1.165) is 17.2 Å². The molecule has 58 heavy (non-hydrogen) atoms. The van der Waals surface area contributed by atoms with Crippen molar-refractivity contribution in [3.05, 3.63) is 124 Å². The highest BCUT2D eigenvalue weighted by atomic mass is 16.7. The van der Waals surface area contributed by atoms with Gasteiger partial charge in [-0.1, -0.05) is 61.5 Å². The van der Waals surface area contributed by atoms with Crippen LogP contribution in [-0.2, 0) is 20.7 Å². The lowest BCUT2D eigenvalue weighted by Crippen LogP contribution is -2.82. The van der Waals surface area contributed by atoms with Crippen molar-refractivity contribution in [3.63, 3.8) is 0 Å². The van der Waals surface area contributed by atoms with E-state index in [2.05, 4.69) is 10.3 Å². The van der Waals surface area contributed by atoms with E-state index in [1.165, 1.54) is 36.4 Å². The number of rotatable bonds is 16. The second-order valence-corrected chi connectivity index (χ2v) is 14.3. The number of aliphatic carboxylic acids is 1. The summed E-state index contributed by atoms with van der Waals surface area (Å²) in [6.07, 6.45) is -1.32. The van der Waals surface area contributed by atoms with Gasteiger partial charge in [-0.25, -0.2) is 4.79 Å². The van der Waals surface area contributed by atoms with Crippen LogP contribution in [0.1, 0.15) is 35.0 Å². The van der Waals surface area contributed by atoms with Gasteiger partial charge in [-0.3, -0.25) is 19.7 Å². The SMILES string of the molecule is C[C@H](C/C=C/c1ccccc1)[C@H](CN[C@H](O)[C@]1(O)[C@H](Oc2ccc3c(=O)c(-c4ccc(O)cc4)c(C(N)=O)oc3c2)O[C@H](C(=O)O)[C@@H](O)[C@@]1(O)C=O)Cc1cc[nH]c1. The number of aromatic hydroxyl groups is 1. The summed E-state index contributed by atoms with van der Waals surface area (Å²) in [6, 6.07) is 20.4. The molecule has 1 saturated heterocycles. The molecule has 0 spiro atoms. The molecule has 5 aromatic rings. The summed E-state index contributed by atoms with van der Waals surface area (Å²) in [5, 5.41) is 68.8. The molecule has 1 aliphatic rings. The van der Waals surface area contributed by atoms with Gasteiger partial charge in [-0.15, -0.1) is 0 Å². The fourth-order valence-corrected chi connectivity index (χ4v) is 7.08. The number of aldehydes is 1. The van der Waals surface area contributed by atoms with Crippen molar-refractivity contribution in [2.45, 2.75) is 55.7 Å². The summed E-state index contributed by atoms with van der Waals surface area (Å²) in [5.74, 6) is -4.21. The predicted molar refractivity (Wildman–Crippen MR) is 208 cm³/mol. The van der Waals surface area contributed by atoms with E-state index in [-0.39, 0.29) is 58.3 Å². The lowest BCUT2D eigenvalue weighted by atomic mass is 9.73. The Kier molecular flexibility index (Phi) is 12.3. The Morgan fingerprint density at radius 1 is 1.07 bits per heavy atom. The van der Waals surface area contributed by atoms with Crippen LogP contribution in [0.5, 0.6) is 11.5 Å². The fourth-order valence-electron chi connectivity index (χ4n) is 7.08. The molecule has 0 unspecified atom stereocenters. The molecule has 304 valence electrons. The van der Waals surface area contributed by atoms with Gasteiger partial charge in [0.25, 0.3) is 5.91 Å². The normalized spacial score (nSPS) is 23.6. The third-order valence-corrected chi connectivity index (χ3v) is 10.5. The number of carbonyl (C=O) groups excluding carboxylic acids is 2. The first-order valence-corrected chi connectivity index (χ1v) is 18.3. The highest BCUT2D eigenvalue weighted by molar-refractivity contribution is 5.99. The van der Waals surface area contributed by atoms with Crippen LogP contribution < -0.4 is 21.2 Å². The van der Waals surface area contributed by atoms with E-state index in [4.69, 9.17) is 19.6 Å². The zero-order chi connectivity index (χ0) is 41.8. The summed E-state index contributed by atoms with van der Waals surface area (Å²) in [6.45, 7) is 1.96. The number of carbonyl (C=O) groups is 3. The number of primary amides is 1. The van der Waals surface area contributed by atoms with E-state index < -0.39 is 59.0 Å². The van der Waals surface area contributed by atoms with Gasteiger partial charge in [0.2, 0.25) is 23.1 Å². The van der Waals surface area contributed by atoms with Gasteiger partial charge in [-0.05, 0) is 71.7 Å². The van der Waals surface area contributed by atoms with Crippen molar-refractivity contribution in [1.82, 2.24) is 10.3 Å². The topological polar surface area (TPSA) is 275 Å². The third-order valence-electron chi connectivity index (χ3n) is 10.5. The number of H-pyrrole nitrogens is 1. The molecule has 6 rings (SSSR count). The molecule has 0 aliphatic carbocycles. The first-order chi connectivity index (χ1) is 27.7.